The molecule has 2 aromatic carbocycles. The number of fused-ring (bicyclic) bond motifs is 2. The van der Waals surface area contributed by atoms with Crippen molar-refractivity contribution < 1.29 is 5.11 Å². The van der Waals surface area contributed by atoms with Crippen LogP contribution in [-0.4, -0.2) is 26.6 Å². The van der Waals surface area contributed by atoms with Crippen LogP contribution < -0.4 is 4.90 Å². The normalized spacial score (nSPS) is 15.1. The summed E-state index contributed by atoms with van der Waals surface area (Å²) >= 11 is 1.55. The maximum atomic E-state index is 11.3. The molecule has 6 heteroatoms. The van der Waals surface area contributed by atoms with Gasteiger partial charge in [-0.3, -0.25) is 9.97 Å². The van der Waals surface area contributed by atoms with E-state index in [1.165, 1.54) is 11.1 Å². The Morgan fingerprint density at radius 2 is 1.70 bits per heavy atom. The smallest absolute Gasteiger partial charge is 0.185 e. The number of benzene rings is 2. The second-order valence-corrected chi connectivity index (χ2v) is 8.29. The molecule has 0 saturated heterocycles. The van der Waals surface area contributed by atoms with Crippen LogP contribution in [0.1, 0.15) is 42.3 Å². The minimum Gasteiger partial charge on any atom is -0.380 e. The van der Waals surface area contributed by atoms with Crippen molar-refractivity contribution in [3.05, 3.63) is 82.6 Å². The number of anilines is 1. The molecule has 0 spiro atoms. The van der Waals surface area contributed by atoms with Crippen molar-refractivity contribution in [2.45, 2.75) is 39.3 Å². The average Bonchev–Trinajstić information content (AvgIpc) is 3.31. The fraction of sp³-hybridized carbons (Fsp3) is 0.292. The highest BCUT2D eigenvalue weighted by Gasteiger charge is 2.30. The van der Waals surface area contributed by atoms with E-state index in [1.807, 2.05) is 39.0 Å². The zero-order valence-electron chi connectivity index (χ0n) is 17.5. The lowest BCUT2D eigenvalue weighted by Gasteiger charge is -2.28. The molecular formula is C24H26N4OS. The van der Waals surface area contributed by atoms with Gasteiger partial charge in [-0.1, -0.05) is 55.5 Å². The van der Waals surface area contributed by atoms with Crippen LogP contribution in [0.15, 0.2) is 61.1 Å². The molecule has 1 aliphatic heterocycles. The van der Waals surface area contributed by atoms with E-state index >= 15 is 0 Å². The van der Waals surface area contributed by atoms with Crippen molar-refractivity contribution in [1.82, 2.24) is 15.0 Å². The first-order valence-electron chi connectivity index (χ1n) is 10.3. The number of thiazole rings is 1. The Balaban J connectivity index is 0.00000106. The topological polar surface area (TPSA) is 62.1 Å². The highest BCUT2D eigenvalue weighted by Crippen LogP contribution is 2.37. The van der Waals surface area contributed by atoms with Crippen LogP contribution in [0.25, 0.3) is 11.0 Å². The van der Waals surface area contributed by atoms with Crippen molar-refractivity contribution in [3.8, 4) is 0 Å². The van der Waals surface area contributed by atoms with E-state index in [1.54, 1.807) is 29.9 Å². The summed E-state index contributed by atoms with van der Waals surface area (Å²) in [6.45, 7) is 7.61. The third kappa shape index (κ3) is 3.80. The van der Waals surface area contributed by atoms with Gasteiger partial charge in [0.1, 0.15) is 5.60 Å². The molecule has 0 aliphatic carbocycles. The van der Waals surface area contributed by atoms with E-state index in [2.05, 4.69) is 44.1 Å². The molecule has 4 aromatic rings. The lowest BCUT2D eigenvalue weighted by Crippen LogP contribution is -2.30. The molecule has 1 N–H and O–H groups in total. The summed E-state index contributed by atoms with van der Waals surface area (Å²) in [4.78, 5) is 16.4. The third-order valence-electron chi connectivity index (χ3n) is 5.41. The summed E-state index contributed by atoms with van der Waals surface area (Å²) in [5.74, 6) is 0. The molecule has 2 aromatic heterocycles. The zero-order chi connectivity index (χ0) is 21.1. The average molecular weight is 419 g/mol. The predicted molar refractivity (Wildman–Crippen MR) is 123 cm³/mol. The number of hydrogen-bond donors (Lipinski definition) is 1. The van der Waals surface area contributed by atoms with Gasteiger partial charge < -0.3 is 10.0 Å². The Labute approximate surface area is 181 Å². The van der Waals surface area contributed by atoms with Crippen molar-refractivity contribution in [2.24, 2.45) is 0 Å². The first kappa shape index (κ1) is 20.4. The first-order chi connectivity index (χ1) is 14.6. The minimum atomic E-state index is -1.13. The Morgan fingerprint density at radius 3 is 2.50 bits per heavy atom. The summed E-state index contributed by atoms with van der Waals surface area (Å²) in [7, 11) is 0. The number of hydrogen-bond acceptors (Lipinski definition) is 6. The van der Waals surface area contributed by atoms with Gasteiger partial charge in [-0.25, -0.2) is 4.98 Å². The van der Waals surface area contributed by atoms with Gasteiger partial charge in [0, 0.05) is 31.7 Å². The second-order valence-electron chi connectivity index (χ2n) is 7.28. The van der Waals surface area contributed by atoms with Gasteiger partial charge in [0.05, 0.1) is 15.9 Å². The molecule has 30 heavy (non-hydrogen) atoms. The maximum absolute atomic E-state index is 11.3. The van der Waals surface area contributed by atoms with Gasteiger partial charge in [0.2, 0.25) is 0 Å². The largest absolute Gasteiger partial charge is 0.380 e. The van der Waals surface area contributed by atoms with E-state index in [4.69, 9.17) is 0 Å². The van der Waals surface area contributed by atoms with Gasteiger partial charge in [-0.15, -0.1) is 0 Å². The van der Waals surface area contributed by atoms with Gasteiger partial charge >= 0.3 is 0 Å². The highest BCUT2D eigenvalue weighted by atomic mass is 32.1. The van der Waals surface area contributed by atoms with Crippen LogP contribution in [0, 0.1) is 0 Å². The van der Waals surface area contributed by atoms with E-state index < -0.39 is 5.60 Å². The molecule has 5 rings (SSSR count). The fourth-order valence-electron chi connectivity index (χ4n) is 3.70. The number of nitrogens with zero attached hydrogens (tertiary/aromatic N) is 4. The Bertz CT molecular complexity index is 1150. The molecule has 0 amide bonds. The quantitative estimate of drug-likeness (QED) is 0.511. The first-order valence-corrected chi connectivity index (χ1v) is 11.1. The SMILES string of the molecule is CC.CC(O)(c1ccc2nccnc2c1)c1cnc(N2CCc3ccccc3C2)s1. The molecule has 0 radical (unpaired) electrons. The summed E-state index contributed by atoms with van der Waals surface area (Å²) in [6, 6.07) is 14.3. The third-order valence-corrected chi connectivity index (χ3v) is 6.67. The lowest BCUT2D eigenvalue weighted by atomic mass is 9.94. The lowest BCUT2D eigenvalue weighted by molar-refractivity contribution is 0.106. The van der Waals surface area contributed by atoms with Crippen LogP contribution in [0.3, 0.4) is 0 Å². The van der Waals surface area contributed by atoms with E-state index in [-0.39, 0.29) is 0 Å². The summed E-state index contributed by atoms with van der Waals surface area (Å²) < 4.78 is 0. The standard InChI is InChI=1S/C22H20N4OS.C2H6/c1-22(27,17-6-7-18-19(12-17)24-10-9-23-18)20-13-25-21(28-20)26-11-8-15-4-2-3-5-16(15)14-26;1-2/h2-7,9-10,12-13,27H,8,11,14H2,1H3;1-2H3. The number of rotatable bonds is 3. The molecule has 1 atom stereocenters. The Hall–Kier alpha value is -2.83. The van der Waals surface area contributed by atoms with Crippen LogP contribution in [0.4, 0.5) is 5.13 Å². The van der Waals surface area contributed by atoms with E-state index in [0.717, 1.165) is 46.1 Å². The van der Waals surface area contributed by atoms with Gasteiger partial charge in [-0.2, -0.15) is 0 Å². The zero-order valence-corrected chi connectivity index (χ0v) is 18.4. The minimum absolute atomic E-state index is 0.776. The van der Waals surface area contributed by atoms with Crippen molar-refractivity contribution in [2.75, 3.05) is 11.4 Å². The summed E-state index contributed by atoms with van der Waals surface area (Å²) in [5.41, 5.74) is 4.02. The van der Waals surface area contributed by atoms with Crippen molar-refractivity contribution in [3.63, 3.8) is 0 Å². The van der Waals surface area contributed by atoms with E-state index in [9.17, 15) is 5.11 Å². The van der Waals surface area contributed by atoms with Crippen LogP contribution in [-0.2, 0) is 18.6 Å². The van der Waals surface area contributed by atoms with Gasteiger partial charge in [0.25, 0.3) is 0 Å². The monoisotopic (exact) mass is 418 g/mol. The summed E-state index contributed by atoms with van der Waals surface area (Å²) in [5, 5.41) is 12.2. The Morgan fingerprint density at radius 1 is 0.967 bits per heavy atom. The van der Waals surface area contributed by atoms with Crippen LogP contribution in [0.5, 0.6) is 0 Å². The molecule has 0 fully saturated rings. The molecule has 5 nitrogen and oxygen atoms in total. The summed E-state index contributed by atoms with van der Waals surface area (Å²) in [6.07, 6.45) is 6.15. The van der Waals surface area contributed by atoms with Crippen molar-refractivity contribution >= 4 is 27.5 Å². The predicted octanol–water partition coefficient (Wildman–Crippen LogP) is 4.93. The maximum Gasteiger partial charge on any atom is 0.185 e. The fourth-order valence-corrected chi connectivity index (χ4v) is 4.71. The Kier molecular flexibility index (Phi) is 5.79. The molecule has 3 heterocycles. The molecular weight excluding hydrogens is 392 g/mol. The number of aromatic nitrogens is 3. The van der Waals surface area contributed by atoms with Gasteiger partial charge in [-0.05, 0) is 42.2 Å². The van der Waals surface area contributed by atoms with Crippen LogP contribution >= 0.6 is 11.3 Å². The van der Waals surface area contributed by atoms with E-state index in [0.29, 0.717) is 0 Å². The molecule has 0 saturated carbocycles. The second kappa shape index (κ2) is 8.50. The van der Waals surface area contributed by atoms with Crippen molar-refractivity contribution in [1.29, 1.82) is 0 Å². The molecule has 1 unspecified atom stereocenters. The highest BCUT2D eigenvalue weighted by molar-refractivity contribution is 7.15. The van der Waals surface area contributed by atoms with Crippen LogP contribution in [0.2, 0.25) is 0 Å². The molecule has 0 bridgehead atoms. The van der Waals surface area contributed by atoms with Gasteiger partial charge in [0.15, 0.2) is 5.13 Å². The molecule has 154 valence electrons. The molecule has 1 aliphatic rings. The number of aliphatic hydroxyl groups is 1.